The minimum atomic E-state index is -4.90. The van der Waals surface area contributed by atoms with E-state index in [1.54, 1.807) is 0 Å². The SMILES string of the molecule is C#CC(=O)[O][Ti]1([O]C(=O)C#C)[CH]2c3ccccc3-c3cccc(c32)[Si](C)(C)c2cccc3c2[CH]1c1ccccc1-3. The average molecular weight is 573 g/mol. The van der Waals surface area contributed by atoms with Gasteiger partial charge in [-0.25, -0.2) is 0 Å². The first-order chi connectivity index (χ1) is 19.3. The van der Waals surface area contributed by atoms with Crippen LogP contribution in [0.2, 0.25) is 13.1 Å². The van der Waals surface area contributed by atoms with E-state index >= 15 is 0 Å². The Kier molecular flexibility index (Phi) is 5.40. The van der Waals surface area contributed by atoms with Gasteiger partial charge in [0.15, 0.2) is 0 Å². The Labute approximate surface area is 238 Å². The predicted octanol–water partition coefficient (Wildman–Crippen LogP) is 5.00. The van der Waals surface area contributed by atoms with Crippen LogP contribution >= 0.6 is 0 Å². The van der Waals surface area contributed by atoms with Gasteiger partial charge in [-0.2, -0.15) is 0 Å². The van der Waals surface area contributed by atoms with E-state index in [9.17, 15) is 9.59 Å². The summed E-state index contributed by atoms with van der Waals surface area (Å²) in [7, 11) is -2.35. The minimum absolute atomic E-state index is 0.471. The second-order valence-corrected chi connectivity index (χ2v) is 20.0. The predicted molar refractivity (Wildman–Crippen MR) is 154 cm³/mol. The molecule has 1 aliphatic heterocycles. The first-order valence-corrected chi connectivity index (χ1v) is 19.3. The van der Waals surface area contributed by atoms with E-state index in [1.165, 1.54) is 10.4 Å². The topological polar surface area (TPSA) is 52.6 Å². The fraction of sp³-hybridized carbons (Fsp3) is 0.118. The van der Waals surface area contributed by atoms with Crippen molar-refractivity contribution < 1.29 is 33.6 Å². The fourth-order valence-electron chi connectivity index (χ4n) is 7.36. The van der Waals surface area contributed by atoms with Crippen LogP contribution in [0.1, 0.15) is 30.7 Å². The van der Waals surface area contributed by atoms with Gasteiger partial charge in [-0.1, -0.05) is 0 Å². The molecule has 0 radical (unpaired) electrons. The van der Waals surface area contributed by atoms with E-state index in [0.717, 1.165) is 44.5 Å². The van der Waals surface area contributed by atoms with Crippen LogP contribution in [-0.4, -0.2) is 20.0 Å². The van der Waals surface area contributed by atoms with Gasteiger partial charge in [0.2, 0.25) is 0 Å². The van der Waals surface area contributed by atoms with E-state index in [2.05, 4.69) is 85.6 Å². The average Bonchev–Trinajstić information content (AvgIpc) is 3.50. The quantitative estimate of drug-likeness (QED) is 0.251. The van der Waals surface area contributed by atoms with E-state index < -0.39 is 45.8 Å². The van der Waals surface area contributed by atoms with Gasteiger partial charge < -0.3 is 0 Å². The number of hydrogen-bond acceptors (Lipinski definition) is 4. The second kappa shape index (κ2) is 8.68. The normalized spacial score (nSPS) is 19.3. The standard InChI is InChI=1S/C28H22Si.2C3H2O2.Ti/c1-29(2,27-15-7-13-23-21-11-5-3-9-19(21)17-25(23)27)28-16-8-14-24-22-12-6-4-10-20(22)18-26(24)28;2*1-2-3(4)5;/h3-18H,1-2H3;2*1H,(H,4,5);/q;;;+2/p-2. The molecule has 6 heteroatoms. The summed E-state index contributed by atoms with van der Waals surface area (Å²) in [5.41, 5.74) is 8.38. The third-order valence-electron chi connectivity index (χ3n) is 8.81. The van der Waals surface area contributed by atoms with Crippen LogP contribution < -0.4 is 10.4 Å². The molecule has 0 N–H and O–H groups in total. The number of benzene rings is 4. The number of carbonyl (C=O) groups excluding carboxylic acids is 2. The summed E-state index contributed by atoms with van der Waals surface area (Å²) in [6.07, 6.45) is 11.3. The van der Waals surface area contributed by atoms with E-state index in [1.807, 2.05) is 24.3 Å². The molecule has 3 aliphatic rings. The van der Waals surface area contributed by atoms with Gasteiger partial charge in [-0.3, -0.25) is 0 Å². The van der Waals surface area contributed by atoms with Crippen LogP contribution in [0.4, 0.5) is 0 Å². The summed E-state index contributed by atoms with van der Waals surface area (Å²) in [5.74, 6) is 2.62. The number of terminal acetylenes is 2. The molecule has 0 spiro atoms. The fourth-order valence-corrected chi connectivity index (χ4v) is 17.8. The van der Waals surface area contributed by atoms with Crippen molar-refractivity contribution in [3.8, 4) is 46.9 Å². The Bertz CT molecular complexity index is 1740. The molecule has 7 rings (SSSR count). The summed E-state index contributed by atoms with van der Waals surface area (Å²) < 4.78 is 12.0. The van der Waals surface area contributed by atoms with Crippen molar-refractivity contribution in [1.82, 2.24) is 0 Å². The summed E-state index contributed by atoms with van der Waals surface area (Å²) >= 11 is -4.90. The van der Waals surface area contributed by atoms with Crippen molar-refractivity contribution in [2.24, 2.45) is 0 Å². The van der Waals surface area contributed by atoms with Gasteiger partial charge in [0, 0.05) is 0 Å². The van der Waals surface area contributed by atoms with Crippen LogP contribution in [-0.2, 0) is 33.6 Å². The van der Waals surface area contributed by atoms with Gasteiger partial charge in [-0.15, -0.1) is 0 Å². The van der Waals surface area contributed by atoms with Gasteiger partial charge in [0.05, 0.1) is 0 Å². The zero-order chi connectivity index (χ0) is 27.8. The van der Waals surface area contributed by atoms with Crippen molar-refractivity contribution in [3.05, 3.63) is 107 Å². The van der Waals surface area contributed by atoms with Crippen LogP contribution in [0.3, 0.4) is 0 Å². The van der Waals surface area contributed by atoms with Gasteiger partial charge in [0.1, 0.15) is 0 Å². The molecule has 1 heterocycles. The molecular weight excluding hydrogens is 548 g/mol. The van der Waals surface area contributed by atoms with Crippen molar-refractivity contribution in [3.63, 3.8) is 0 Å². The molecule has 0 aromatic heterocycles. The molecule has 0 amide bonds. The van der Waals surface area contributed by atoms with Crippen LogP contribution in [0.5, 0.6) is 0 Å². The molecule has 4 nitrogen and oxygen atoms in total. The third-order valence-corrected chi connectivity index (χ3v) is 18.3. The molecule has 4 aromatic rings. The van der Waals surface area contributed by atoms with Crippen molar-refractivity contribution in [2.75, 3.05) is 0 Å². The van der Waals surface area contributed by atoms with Crippen LogP contribution in [0, 0.1) is 24.7 Å². The molecular formula is C34H24O4SiTi. The monoisotopic (exact) mass is 572 g/mol. The Morgan fingerprint density at radius 3 is 1.48 bits per heavy atom. The molecule has 2 unspecified atom stereocenters. The van der Waals surface area contributed by atoms with Crippen molar-refractivity contribution in [2.45, 2.75) is 21.5 Å². The molecule has 192 valence electrons. The molecule has 0 saturated carbocycles. The van der Waals surface area contributed by atoms with E-state index in [0.29, 0.717) is 0 Å². The summed E-state index contributed by atoms with van der Waals surface area (Å²) in [6.45, 7) is 4.75. The number of carbonyl (C=O) groups is 2. The Morgan fingerprint density at radius 1 is 0.650 bits per heavy atom. The Hall–Kier alpha value is -4.13. The molecule has 2 atom stereocenters. The molecule has 0 fully saturated rings. The first kappa shape index (κ1) is 24.9. The third kappa shape index (κ3) is 3.15. The molecule has 2 aliphatic carbocycles. The number of fused-ring (bicyclic) bond motifs is 6. The number of rotatable bonds is 2. The van der Waals surface area contributed by atoms with E-state index in [-0.39, 0.29) is 0 Å². The second-order valence-electron chi connectivity index (χ2n) is 11.0. The zero-order valence-electron chi connectivity index (χ0n) is 22.0. The molecule has 0 saturated heterocycles. The number of hydrogen-bond donors (Lipinski definition) is 0. The van der Waals surface area contributed by atoms with Gasteiger partial charge in [0.25, 0.3) is 0 Å². The molecule has 40 heavy (non-hydrogen) atoms. The summed E-state index contributed by atoms with van der Waals surface area (Å²) in [5, 5.41) is 2.47. The summed E-state index contributed by atoms with van der Waals surface area (Å²) in [4.78, 5) is 26.5. The van der Waals surface area contributed by atoms with Crippen LogP contribution in [0.25, 0.3) is 22.3 Å². The van der Waals surface area contributed by atoms with Crippen LogP contribution in [0.15, 0.2) is 84.9 Å². The van der Waals surface area contributed by atoms with Crippen molar-refractivity contribution in [1.29, 1.82) is 0 Å². The Balaban J connectivity index is 1.72. The van der Waals surface area contributed by atoms with E-state index in [4.69, 9.17) is 19.5 Å². The Morgan fingerprint density at radius 2 is 1.05 bits per heavy atom. The summed E-state index contributed by atoms with van der Waals surface area (Å²) in [6, 6.07) is 29.1. The molecule has 0 bridgehead atoms. The molecule has 4 aromatic carbocycles. The maximum atomic E-state index is 13.2. The maximum absolute atomic E-state index is 13.2. The first-order valence-electron chi connectivity index (χ1n) is 13.2. The van der Waals surface area contributed by atoms with Gasteiger partial charge >= 0.3 is 240 Å². The zero-order valence-corrected chi connectivity index (χ0v) is 24.6. The van der Waals surface area contributed by atoms with Gasteiger partial charge in [-0.05, 0) is 0 Å². The van der Waals surface area contributed by atoms with Crippen molar-refractivity contribution >= 4 is 30.4 Å².